The van der Waals surface area contributed by atoms with Gasteiger partial charge in [-0.25, -0.2) is 14.4 Å². The highest BCUT2D eigenvalue weighted by atomic mass is 35.5. The van der Waals surface area contributed by atoms with Crippen molar-refractivity contribution in [1.29, 1.82) is 0 Å². The van der Waals surface area contributed by atoms with E-state index in [1.807, 2.05) is 18.2 Å². The zero-order chi connectivity index (χ0) is 17.2. The van der Waals surface area contributed by atoms with E-state index in [0.717, 1.165) is 29.5 Å². The third kappa shape index (κ3) is 3.37. The predicted molar refractivity (Wildman–Crippen MR) is 97.1 cm³/mol. The average Bonchev–Trinajstić information content (AvgIpc) is 3.12. The van der Waals surface area contributed by atoms with E-state index in [2.05, 4.69) is 15.3 Å². The second-order valence-electron chi connectivity index (χ2n) is 6.15. The van der Waals surface area contributed by atoms with Gasteiger partial charge in [0.1, 0.15) is 23.7 Å². The molecule has 4 rings (SSSR count). The number of aromatic nitrogens is 2. The summed E-state index contributed by atoms with van der Waals surface area (Å²) in [7, 11) is 0. The number of hydrogen-bond donors (Lipinski definition) is 1. The predicted octanol–water partition coefficient (Wildman–Crippen LogP) is 5.49. The summed E-state index contributed by atoms with van der Waals surface area (Å²) in [6, 6.07) is 10.3. The fraction of sp³-hybridized carbons (Fsp3) is 0.263. The van der Waals surface area contributed by atoms with Crippen LogP contribution in [0.5, 0.6) is 5.75 Å². The van der Waals surface area contributed by atoms with Gasteiger partial charge in [0.15, 0.2) is 0 Å². The first-order chi connectivity index (χ1) is 12.2. The molecule has 0 unspecified atom stereocenters. The van der Waals surface area contributed by atoms with Gasteiger partial charge >= 0.3 is 0 Å². The molecule has 1 aromatic heterocycles. The minimum absolute atomic E-state index is 0.0609. The van der Waals surface area contributed by atoms with E-state index in [4.69, 9.17) is 16.3 Å². The van der Waals surface area contributed by atoms with Crippen LogP contribution in [0.25, 0.3) is 10.9 Å². The first-order valence-corrected chi connectivity index (χ1v) is 8.71. The summed E-state index contributed by atoms with van der Waals surface area (Å²) in [6.45, 7) is 0. The Kier molecular flexibility index (Phi) is 4.40. The van der Waals surface area contributed by atoms with Crippen molar-refractivity contribution in [3.63, 3.8) is 0 Å². The van der Waals surface area contributed by atoms with Gasteiger partial charge in [-0.05, 0) is 56.0 Å². The third-order valence-corrected chi connectivity index (χ3v) is 4.69. The molecule has 25 heavy (non-hydrogen) atoms. The Balaban J connectivity index is 1.73. The highest BCUT2D eigenvalue weighted by molar-refractivity contribution is 6.31. The Hall–Kier alpha value is -2.40. The van der Waals surface area contributed by atoms with Crippen molar-refractivity contribution in [3.8, 4) is 5.75 Å². The van der Waals surface area contributed by atoms with Crippen LogP contribution in [0.4, 0.5) is 15.9 Å². The molecule has 0 aliphatic heterocycles. The van der Waals surface area contributed by atoms with Crippen molar-refractivity contribution < 1.29 is 9.13 Å². The van der Waals surface area contributed by atoms with Crippen LogP contribution in [0, 0.1) is 5.82 Å². The summed E-state index contributed by atoms with van der Waals surface area (Å²) < 4.78 is 19.6. The van der Waals surface area contributed by atoms with Crippen LogP contribution < -0.4 is 10.1 Å². The van der Waals surface area contributed by atoms with Crippen molar-refractivity contribution in [2.45, 2.75) is 31.8 Å². The first-order valence-electron chi connectivity index (χ1n) is 8.33. The van der Waals surface area contributed by atoms with Gasteiger partial charge < -0.3 is 10.1 Å². The summed E-state index contributed by atoms with van der Waals surface area (Å²) in [4.78, 5) is 8.68. The lowest BCUT2D eigenvalue weighted by atomic mass is 10.2. The number of ether oxygens (including phenoxy) is 1. The SMILES string of the molecule is Fc1ccc(Nc2ncnc3cccc(OC4CCCC4)c23)cc1Cl. The van der Waals surface area contributed by atoms with Gasteiger partial charge in [0.25, 0.3) is 0 Å². The van der Waals surface area contributed by atoms with Gasteiger partial charge in [0.05, 0.1) is 22.0 Å². The number of nitrogens with one attached hydrogen (secondary N) is 1. The molecule has 0 saturated heterocycles. The minimum atomic E-state index is -0.454. The zero-order valence-corrected chi connectivity index (χ0v) is 14.3. The van der Waals surface area contributed by atoms with E-state index in [-0.39, 0.29) is 11.1 Å². The fourth-order valence-electron chi connectivity index (χ4n) is 3.17. The van der Waals surface area contributed by atoms with Crippen LogP contribution in [0.2, 0.25) is 5.02 Å². The summed E-state index contributed by atoms with van der Waals surface area (Å²) >= 11 is 5.87. The van der Waals surface area contributed by atoms with Crippen LogP contribution >= 0.6 is 11.6 Å². The summed E-state index contributed by atoms with van der Waals surface area (Å²) in [6.07, 6.45) is 6.27. The normalized spacial score (nSPS) is 14.8. The maximum atomic E-state index is 13.4. The molecule has 0 amide bonds. The molecule has 3 aromatic rings. The molecule has 1 N–H and O–H groups in total. The van der Waals surface area contributed by atoms with Gasteiger partial charge in [-0.3, -0.25) is 0 Å². The molecule has 4 nitrogen and oxygen atoms in total. The standard InChI is InChI=1S/C19H17ClFN3O/c20-14-10-12(8-9-15(14)21)24-19-18-16(22-11-23-19)6-3-7-17(18)25-13-4-1-2-5-13/h3,6-11,13H,1-2,4-5H2,(H,22,23,24). The molecule has 6 heteroatoms. The first kappa shape index (κ1) is 16.1. The Morgan fingerprint density at radius 1 is 1.12 bits per heavy atom. The van der Waals surface area contributed by atoms with Crippen molar-refractivity contribution >= 4 is 34.0 Å². The maximum absolute atomic E-state index is 13.4. The van der Waals surface area contributed by atoms with Crippen molar-refractivity contribution in [1.82, 2.24) is 9.97 Å². The number of benzene rings is 2. The van der Waals surface area contributed by atoms with Crippen LogP contribution in [0.15, 0.2) is 42.7 Å². The highest BCUT2D eigenvalue weighted by Crippen LogP contribution is 2.34. The van der Waals surface area contributed by atoms with Gasteiger partial charge in [-0.15, -0.1) is 0 Å². The monoisotopic (exact) mass is 357 g/mol. The molecule has 0 spiro atoms. The van der Waals surface area contributed by atoms with E-state index in [1.54, 1.807) is 6.07 Å². The zero-order valence-electron chi connectivity index (χ0n) is 13.5. The second kappa shape index (κ2) is 6.84. The average molecular weight is 358 g/mol. The van der Waals surface area contributed by atoms with Crippen molar-refractivity contribution in [3.05, 3.63) is 53.6 Å². The Bertz CT molecular complexity index is 907. The molecule has 1 fully saturated rings. The molecule has 128 valence electrons. The van der Waals surface area contributed by atoms with Crippen LogP contribution in [-0.2, 0) is 0 Å². The third-order valence-electron chi connectivity index (χ3n) is 4.40. The number of halogens is 2. The highest BCUT2D eigenvalue weighted by Gasteiger charge is 2.19. The number of nitrogens with zero attached hydrogens (tertiary/aromatic N) is 2. The quantitative estimate of drug-likeness (QED) is 0.671. The molecular formula is C19H17ClFN3O. The maximum Gasteiger partial charge on any atom is 0.145 e. The largest absolute Gasteiger partial charge is 0.490 e. The van der Waals surface area contributed by atoms with Gasteiger partial charge in [0.2, 0.25) is 0 Å². The van der Waals surface area contributed by atoms with Gasteiger partial charge in [-0.1, -0.05) is 17.7 Å². The Labute approximate surface area is 150 Å². The topological polar surface area (TPSA) is 47.0 Å². The summed E-state index contributed by atoms with van der Waals surface area (Å²) in [5.41, 5.74) is 1.45. The lowest BCUT2D eigenvalue weighted by molar-refractivity contribution is 0.213. The molecule has 1 saturated carbocycles. The van der Waals surface area contributed by atoms with E-state index in [1.165, 1.54) is 31.3 Å². The molecule has 0 bridgehead atoms. The molecule has 0 radical (unpaired) electrons. The lowest BCUT2D eigenvalue weighted by Crippen LogP contribution is -2.11. The molecular weight excluding hydrogens is 341 g/mol. The molecule has 1 aliphatic rings. The number of hydrogen-bond acceptors (Lipinski definition) is 4. The van der Waals surface area contributed by atoms with Gasteiger partial charge in [0, 0.05) is 5.69 Å². The summed E-state index contributed by atoms with van der Waals surface area (Å²) in [5, 5.41) is 4.08. The molecule has 0 atom stereocenters. The lowest BCUT2D eigenvalue weighted by Gasteiger charge is -2.17. The summed E-state index contributed by atoms with van der Waals surface area (Å²) in [5.74, 6) is 0.923. The van der Waals surface area contributed by atoms with Crippen LogP contribution in [0.1, 0.15) is 25.7 Å². The number of fused-ring (bicyclic) bond motifs is 1. The van der Waals surface area contributed by atoms with E-state index in [9.17, 15) is 4.39 Å². The van der Waals surface area contributed by atoms with Crippen LogP contribution in [-0.4, -0.2) is 16.1 Å². The fourth-order valence-corrected chi connectivity index (χ4v) is 3.35. The van der Waals surface area contributed by atoms with Gasteiger partial charge in [-0.2, -0.15) is 0 Å². The van der Waals surface area contributed by atoms with Crippen LogP contribution in [0.3, 0.4) is 0 Å². The van der Waals surface area contributed by atoms with E-state index >= 15 is 0 Å². The molecule has 2 aromatic carbocycles. The second-order valence-corrected chi connectivity index (χ2v) is 6.56. The molecule has 1 heterocycles. The minimum Gasteiger partial charge on any atom is -0.490 e. The molecule has 1 aliphatic carbocycles. The Morgan fingerprint density at radius 3 is 2.76 bits per heavy atom. The smallest absolute Gasteiger partial charge is 0.145 e. The number of rotatable bonds is 4. The van der Waals surface area contributed by atoms with Crippen molar-refractivity contribution in [2.24, 2.45) is 0 Å². The van der Waals surface area contributed by atoms with Crippen molar-refractivity contribution in [2.75, 3.05) is 5.32 Å². The Morgan fingerprint density at radius 2 is 1.96 bits per heavy atom. The van der Waals surface area contributed by atoms with E-state index in [0.29, 0.717) is 11.5 Å². The number of anilines is 2. The van der Waals surface area contributed by atoms with E-state index < -0.39 is 5.82 Å².